The summed E-state index contributed by atoms with van der Waals surface area (Å²) in [5.41, 5.74) is 0. The highest BCUT2D eigenvalue weighted by Gasteiger charge is 2.19. The summed E-state index contributed by atoms with van der Waals surface area (Å²) >= 11 is -0.752. The van der Waals surface area contributed by atoms with Crippen molar-refractivity contribution >= 4 is 11.2 Å². The molecule has 1 saturated heterocycles. The normalized spacial score (nSPS) is 39.8. The van der Waals surface area contributed by atoms with Gasteiger partial charge < -0.3 is 9.66 Å². The molecule has 2 atom stereocenters. The van der Waals surface area contributed by atoms with Crippen molar-refractivity contribution in [3.8, 4) is 0 Å². The highest BCUT2D eigenvalue weighted by Crippen LogP contribution is 2.09. The van der Waals surface area contributed by atoms with Crippen molar-refractivity contribution in [2.45, 2.75) is 12.5 Å². The average molecular weight is 133 g/mol. The van der Waals surface area contributed by atoms with Gasteiger partial charge in [0.05, 0.1) is 0 Å². The fraction of sp³-hybridized carbons (Fsp3) is 0.800. The lowest BCUT2D eigenvalue weighted by molar-refractivity contribution is 0.223. The molecule has 8 heavy (non-hydrogen) atoms. The van der Waals surface area contributed by atoms with Crippen molar-refractivity contribution in [1.82, 2.24) is 0 Å². The lowest BCUT2D eigenvalue weighted by Crippen LogP contribution is -2.29. The molecule has 2 nitrogen and oxygen atoms in total. The van der Waals surface area contributed by atoms with Gasteiger partial charge in [-0.25, -0.2) is 0 Å². The molecule has 2 unspecified atom stereocenters. The summed E-state index contributed by atoms with van der Waals surface area (Å²) in [5, 5.41) is 8.83. The second-order valence-corrected chi connectivity index (χ2v) is 3.52. The Morgan fingerprint density at radius 1 is 1.75 bits per heavy atom. The van der Waals surface area contributed by atoms with Crippen LogP contribution < -0.4 is 0 Å². The van der Waals surface area contributed by atoms with Gasteiger partial charge in [0.1, 0.15) is 17.6 Å². The van der Waals surface area contributed by atoms with Gasteiger partial charge in [-0.3, -0.25) is 0 Å². The topological polar surface area (TPSA) is 43.3 Å². The Hall–Kier alpha value is 0.270. The average Bonchev–Trinajstić information content (AvgIpc) is 1.64. The predicted octanol–water partition coefficient (Wildman–Crippen LogP) is -0.296. The molecule has 3 heteroatoms. The predicted molar refractivity (Wildman–Crippen MR) is 32.8 cm³/mol. The van der Waals surface area contributed by atoms with Crippen LogP contribution >= 0.6 is 0 Å². The second-order valence-electron chi connectivity index (χ2n) is 1.90. The zero-order chi connectivity index (χ0) is 5.98. The van der Waals surface area contributed by atoms with Crippen LogP contribution in [-0.2, 0) is 11.2 Å². The summed E-state index contributed by atoms with van der Waals surface area (Å²) in [7, 11) is 0. The minimum Gasteiger partial charge on any atom is -0.616 e. The molecule has 1 fully saturated rings. The van der Waals surface area contributed by atoms with Crippen molar-refractivity contribution < 1.29 is 9.66 Å². The standard InChI is InChI=1S/C5H9O2S/c6-5-2-1-3-8(7)4-5/h2,5-6H,1,3-4H2. The third-order valence-corrected chi connectivity index (χ3v) is 2.55. The maximum atomic E-state index is 10.6. The fourth-order valence-corrected chi connectivity index (χ4v) is 1.82. The largest absolute Gasteiger partial charge is 0.616 e. The highest BCUT2D eigenvalue weighted by atomic mass is 32.2. The van der Waals surface area contributed by atoms with Crippen LogP contribution in [0.2, 0.25) is 0 Å². The van der Waals surface area contributed by atoms with Crippen molar-refractivity contribution in [2.24, 2.45) is 0 Å². The van der Waals surface area contributed by atoms with Crippen molar-refractivity contribution in [3.63, 3.8) is 0 Å². The summed E-state index contributed by atoms with van der Waals surface area (Å²) in [6, 6.07) is 0. The molecule has 0 aromatic rings. The second kappa shape index (κ2) is 2.71. The Morgan fingerprint density at radius 3 is 2.88 bits per heavy atom. The molecular weight excluding hydrogens is 124 g/mol. The first-order valence-electron chi connectivity index (χ1n) is 2.65. The molecule has 1 radical (unpaired) electrons. The number of hydrogen-bond donors (Lipinski definition) is 1. The maximum absolute atomic E-state index is 10.6. The molecule has 0 saturated carbocycles. The summed E-state index contributed by atoms with van der Waals surface area (Å²) < 4.78 is 10.6. The van der Waals surface area contributed by atoms with E-state index in [4.69, 9.17) is 5.11 Å². The van der Waals surface area contributed by atoms with E-state index < -0.39 is 17.3 Å². The zero-order valence-corrected chi connectivity index (χ0v) is 5.36. The van der Waals surface area contributed by atoms with Crippen molar-refractivity contribution in [3.05, 3.63) is 6.42 Å². The van der Waals surface area contributed by atoms with Gasteiger partial charge in [0.2, 0.25) is 0 Å². The molecule has 1 rings (SSSR count). The summed E-state index contributed by atoms with van der Waals surface area (Å²) in [6.07, 6.45) is 2.19. The molecule has 1 aliphatic heterocycles. The van der Waals surface area contributed by atoms with E-state index in [1.807, 2.05) is 0 Å². The first-order valence-corrected chi connectivity index (χ1v) is 4.14. The van der Waals surface area contributed by atoms with Gasteiger partial charge in [-0.05, 0) is 12.8 Å². The van der Waals surface area contributed by atoms with Gasteiger partial charge in [-0.1, -0.05) is 11.2 Å². The van der Waals surface area contributed by atoms with Crippen molar-refractivity contribution in [2.75, 3.05) is 11.5 Å². The molecule has 1 N–H and O–H groups in total. The monoisotopic (exact) mass is 133 g/mol. The van der Waals surface area contributed by atoms with Crippen molar-refractivity contribution in [1.29, 1.82) is 0 Å². The Labute approximate surface area is 52.1 Å². The summed E-state index contributed by atoms with van der Waals surface area (Å²) in [4.78, 5) is 0. The lowest BCUT2D eigenvalue weighted by atomic mass is 10.2. The third kappa shape index (κ3) is 1.65. The highest BCUT2D eigenvalue weighted by molar-refractivity contribution is 7.91. The van der Waals surface area contributed by atoms with E-state index in [-0.39, 0.29) is 0 Å². The Morgan fingerprint density at radius 2 is 2.50 bits per heavy atom. The molecular formula is C5H9O2S. The van der Waals surface area contributed by atoms with Gasteiger partial charge in [0.15, 0.2) is 0 Å². The number of rotatable bonds is 0. The Bertz CT molecular complexity index is 68.8. The lowest BCUT2D eigenvalue weighted by Gasteiger charge is -2.19. The molecule has 0 amide bonds. The van der Waals surface area contributed by atoms with Crippen LogP contribution in [0.25, 0.3) is 0 Å². The fourth-order valence-electron chi connectivity index (χ4n) is 0.734. The molecule has 0 aromatic carbocycles. The van der Waals surface area contributed by atoms with Crippen LogP contribution in [0.5, 0.6) is 0 Å². The van der Waals surface area contributed by atoms with E-state index >= 15 is 0 Å². The number of aliphatic hydroxyl groups excluding tert-OH is 1. The van der Waals surface area contributed by atoms with Crippen LogP contribution in [0.15, 0.2) is 0 Å². The van der Waals surface area contributed by atoms with Gasteiger partial charge in [0.25, 0.3) is 0 Å². The maximum Gasteiger partial charge on any atom is 0.131 e. The summed E-state index contributed by atoms with van der Waals surface area (Å²) in [5.74, 6) is 1.18. The van der Waals surface area contributed by atoms with E-state index in [0.29, 0.717) is 5.75 Å². The molecule has 0 bridgehead atoms. The first-order chi connectivity index (χ1) is 3.79. The SMILES string of the molecule is [O-][S+]1CC[CH]C(O)C1. The van der Waals surface area contributed by atoms with Gasteiger partial charge in [-0.15, -0.1) is 0 Å². The van der Waals surface area contributed by atoms with E-state index in [0.717, 1.165) is 12.2 Å². The third-order valence-electron chi connectivity index (χ3n) is 1.14. The van der Waals surface area contributed by atoms with Crippen LogP contribution in [0.1, 0.15) is 6.42 Å². The zero-order valence-electron chi connectivity index (χ0n) is 4.54. The van der Waals surface area contributed by atoms with Crippen LogP contribution in [0.4, 0.5) is 0 Å². The van der Waals surface area contributed by atoms with E-state index in [2.05, 4.69) is 0 Å². The smallest absolute Gasteiger partial charge is 0.131 e. The molecule has 47 valence electrons. The van der Waals surface area contributed by atoms with Gasteiger partial charge in [-0.2, -0.15) is 0 Å². The summed E-state index contributed by atoms with van der Waals surface area (Å²) in [6.45, 7) is 0. The van der Waals surface area contributed by atoms with E-state index in [1.54, 1.807) is 6.42 Å². The molecule has 1 aliphatic rings. The van der Waals surface area contributed by atoms with Crippen LogP contribution in [0, 0.1) is 6.42 Å². The first kappa shape index (κ1) is 6.39. The Balaban J connectivity index is 2.23. The van der Waals surface area contributed by atoms with Crippen LogP contribution in [0.3, 0.4) is 0 Å². The van der Waals surface area contributed by atoms with E-state index in [9.17, 15) is 4.55 Å². The van der Waals surface area contributed by atoms with Gasteiger partial charge >= 0.3 is 0 Å². The Kier molecular flexibility index (Phi) is 2.16. The number of aliphatic hydroxyl groups is 1. The molecule has 0 spiro atoms. The minimum absolute atomic E-state index is 0.412. The van der Waals surface area contributed by atoms with E-state index in [1.165, 1.54) is 0 Å². The van der Waals surface area contributed by atoms with Gasteiger partial charge in [0, 0.05) is 0 Å². The molecule has 0 aliphatic carbocycles. The quantitative estimate of drug-likeness (QED) is 0.461. The molecule has 0 aromatic heterocycles. The minimum atomic E-state index is -0.752. The molecule has 1 heterocycles. The number of hydrogen-bond acceptors (Lipinski definition) is 2. The van der Waals surface area contributed by atoms with Crippen LogP contribution in [-0.4, -0.2) is 27.3 Å².